The molecule has 2 aromatic rings. The van der Waals surface area contributed by atoms with E-state index in [-0.39, 0.29) is 5.56 Å². The number of hydrogen-bond donors (Lipinski definition) is 0. The van der Waals surface area contributed by atoms with E-state index in [0.29, 0.717) is 11.3 Å². The Hall–Kier alpha value is -1.11. The zero-order chi connectivity index (χ0) is 10.1. The second kappa shape index (κ2) is 3.56. The minimum Gasteiger partial charge on any atom is -0.194 e. The highest BCUT2D eigenvalue weighted by Crippen LogP contribution is 2.30. The first-order valence-electron chi connectivity index (χ1n) is 3.93. The lowest BCUT2D eigenvalue weighted by atomic mass is 10.1. The number of fused-ring (bicyclic) bond motifs is 1. The first kappa shape index (κ1) is 9.45. The van der Waals surface area contributed by atoms with Crippen molar-refractivity contribution in [3.05, 3.63) is 34.5 Å². The van der Waals surface area contributed by atoms with Gasteiger partial charge >= 0.3 is 0 Å². The fraction of sp³-hybridized carbons (Fsp3) is 0.100. The molecule has 1 nitrogen and oxygen atoms in total. The molecule has 1 aromatic heterocycles. The summed E-state index contributed by atoms with van der Waals surface area (Å²) in [5, 5.41) is 8.97. The van der Waals surface area contributed by atoms with Gasteiger partial charge in [0.1, 0.15) is 11.6 Å². The second-order valence-corrected chi connectivity index (χ2v) is 4.10. The highest BCUT2D eigenvalue weighted by Gasteiger charge is 2.11. The van der Waals surface area contributed by atoms with Crippen LogP contribution in [0.25, 0.3) is 10.1 Å². The highest BCUT2D eigenvalue weighted by molar-refractivity contribution is 7.17. The largest absolute Gasteiger partial charge is 0.195 e. The molecule has 0 aliphatic carbocycles. The van der Waals surface area contributed by atoms with E-state index in [0.717, 1.165) is 21.6 Å². The molecule has 2 rings (SSSR count). The molecule has 1 heterocycles. The monoisotopic (exact) mass is 225 g/mol. The third-order valence-corrected chi connectivity index (χ3v) is 3.23. The SMILES string of the molecule is N#Cc1c(F)sc2cc(CCl)ccc12. The van der Waals surface area contributed by atoms with Gasteiger partial charge in [-0.2, -0.15) is 9.65 Å². The van der Waals surface area contributed by atoms with Crippen LogP contribution in [-0.4, -0.2) is 0 Å². The van der Waals surface area contributed by atoms with E-state index in [1.165, 1.54) is 0 Å². The number of thiophene rings is 1. The van der Waals surface area contributed by atoms with Crippen molar-refractivity contribution in [2.45, 2.75) is 5.88 Å². The molecular formula is C10H5ClFNS. The van der Waals surface area contributed by atoms with Gasteiger partial charge in [0.15, 0.2) is 5.13 Å². The average Bonchev–Trinajstić information content (AvgIpc) is 2.51. The molecule has 70 valence electrons. The van der Waals surface area contributed by atoms with Crippen LogP contribution in [0.2, 0.25) is 0 Å². The molecule has 0 saturated carbocycles. The normalized spacial score (nSPS) is 10.4. The van der Waals surface area contributed by atoms with Crippen LogP contribution in [0.15, 0.2) is 18.2 Å². The fourth-order valence-corrected chi connectivity index (χ4v) is 2.41. The molecule has 0 unspecified atom stereocenters. The summed E-state index contributed by atoms with van der Waals surface area (Å²) in [5.74, 6) is 0.400. The van der Waals surface area contributed by atoms with Gasteiger partial charge in [0.25, 0.3) is 0 Å². The van der Waals surface area contributed by atoms with Gasteiger partial charge in [-0.1, -0.05) is 12.1 Å². The Bertz CT molecular complexity index is 527. The molecule has 0 amide bonds. The van der Waals surface area contributed by atoms with Gasteiger partial charge in [-0.15, -0.1) is 22.9 Å². The van der Waals surface area contributed by atoms with Gasteiger partial charge in [-0.3, -0.25) is 0 Å². The molecule has 1 aromatic carbocycles. The van der Waals surface area contributed by atoms with Crippen molar-refractivity contribution in [1.82, 2.24) is 0 Å². The predicted molar refractivity (Wildman–Crippen MR) is 56.1 cm³/mol. The lowest BCUT2D eigenvalue weighted by Crippen LogP contribution is -1.77. The average molecular weight is 226 g/mol. The molecule has 0 N–H and O–H groups in total. The molecule has 0 atom stereocenters. The van der Waals surface area contributed by atoms with Crippen molar-refractivity contribution in [2.24, 2.45) is 0 Å². The van der Waals surface area contributed by atoms with Gasteiger partial charge in [-0.05, 0) is 11.6 Å². The number of nitrogens with zero attached hydrogens (tertiary/aromatic N) is 1. The molecule has 0 radical (unpaired) electrons. The molecule has 0 saturated heterocycles. The minimum atomic E-state index is -0.422. The van der Waals surface area contributed by atoms with Crippen LogP contribution in [0.3, 0.4) is 0 Å². The topological polar surface area (TPSA) is 23.8 Å². The van der Waals surface area contributed by atoms with Crippen LogP contribution < -0.4 is 0 Å². The van der Waals surface area contributed by atoms with E-state index in [2.05, 4.69) is 0 Å². The van der Waals surface area contributed by atoms with Crippen molar-refractivity contribution in [1.29, 1.82) is 5.26 Å². The smallest absolute Gasteiger partial charge is 0.194 e. The van der Waals surface area contributed by atoms with Gasteiger partial charge < -0.3 is 0 Å². The zero-order valence-electron chi connectivity index (χ0n) is 7.05. The van der Waals surface area contributed by atoms with Gasteiger partial charge in [0.2, 0.25) is 0 Å². The van der Waals surface area contributed by atoms with Crippen LogP contribution in [0.1, 0.15) is 11.1 Å². The zero-order valence-corrected chi connectivity index (χ0v) is 8.62. The number of alkyl halides is 1. The third kappa shape index (κ3) is 1.37. The van der Waals surface area contributed by atoms with Crippen LogP contribution in [0.5, 0.6) is 0 Å². The van der Waals surface area contributed by atoms with Gasteiger partial charge in [0, 0.05) is 16.0 Å². The minimum absolute atomic E-state index is 0.131. The maximum absolute atomic E-state index is 13.2. The van der Waals surface area contributed by atoms with Crippen molar-refractivity contribution in [3.8, 4) is 6.07 Å². The van der Waals surface area contributed by atoms with Crippen LogP contribution >= 0.6 is 22.9 Å². The Balaban J connectivity index is 2.76. The Kier molecular flexibility index (Phi) is 2.40. The van der Waals surface area contributed by atoms with Crippen molar-refractivity contribution in [3.63, 3.8) is 0 Å². The summed E-state index contributed by atoms with van der Waals surface area (Å²) >= 11 is 6.64. The quantitative estimate of drug-likeness (QED) is 0.680. The van der Waals surface area contributed by atoms with E-state index >= 15 is 0 Å². The number of hydrogen-bond acceptors (Lipinski definition) is 2. The fourth-order valence-electron chi connectivity index (χ4n) is 1.30. The van der Waals surface area contributed by atoms with E-state index < -0.39 is 5.13 Å². The summed E-state index contributed by atoms with van der Waals surface area (Å²) in [5.41, 5.74) is 1.07. The Morgan fingerprint density at radius 1 is 1.50 bits per heavy atom. The number of rotatable bonds is 1. The van der Waals surface area contributed by atoms with Crippen LogP contribution in [0.4, 0.5) is 4.39 Å². The molecular weight excluding hydrogens is 221 g/mol. The lowest BCUT2D eigenvalue weighted by molar-refractivity contribution is 0.655. The van der Waals surface area contributed by atoms with Crippen molar-refractivity contribution < 1.29 is 4.39 Å². The molecule has 0 bridgehead atoms. The van der Waals surface area contributed by atoms with E-state index in [4.69, 9.17) is 16.9 Å². The van der Waals surface area contributed by atoms with E-state index in [1.54, 1.807) is 6.07 Å². The maximum atomic E-state index is 13.2. The molecule has 4 heteroatoms. The van der Waals surface area contributed by atoms with Crippen molar-refractivity contribution in [2.75, 3.05) is 0 Å². The molecule has 0 aliphatic rings. The molecule has 14 heavy (non-hydrogen) atoms. The van der Waals surface area contributed by atoms with Gasteiger partial charge in [0.05, 0.1) is 0 Å². The summed E-state index contributed by atoms with van der Waals surface area (Å²) in [6.07, 6.45) is 0. The summed E-state index contributed by atoms with van der Waals surface area (Å²) in [4.78, 5) is 0. The Morgan fingerprint density at radius 3 is 2.93 bits per heavy atom. The predicted octanol–water partition coefficient (Wildman–Crippen LogP) is 3.65. The standard InChI is InChI=1S/C10H5ClFNS/c11-4-6-1-2-7-8(5-13)10(12)14-9(7)3-6/h1-3H,4H2. The second-order valence-electron chi connectivity index (χ2n) is 2.83. The number of benzene rings is 1. The van der Waals surface area contributed by atoms with E-state index in [9.17, 15) is 4.39 Å². The number of nitriles is 1. The first-order valence-corrected chi connectivity index (χ1v) is 5.28. The Morgan fingerprint density at radius 2 is 2.29 bits per heavy atom. The Labute approximate surface area is 89.3 Å². The van der Waals surface area contributed by atoms with Gasteiger partial charge in [-0.25, -0.2) is 0 Å². The third-order valence-electron chi connectivity index (χ3n) is 1.98. The number of halogens is 2. The summed E-state index contributed by atoms with van der Waals surface area (Å²) in [7, 11) is 0. The van der Waals surface area contributed by atoms with E-state index in [1.807, 2.05) is 18.2 Å². The lowest BCUT2D eigenvalue weighted by Gasteiger charge is -1.94. The molecule has 0 fully saturated rings. The van der Waals surface area contributed by atoms with Crippen LogP contribution in [0, 0.1) is 16.5 Å². The summed E-state index contributed by atoms with van der Waals surface area (Å²) in [6, 6.07) is 7.22. The maximum Gasteiger partial charge on any atom is 0.195 e. The van der Waals surface area contributed by atoms with Crippen molar-refractivity contribution >= 4 is 33.0 Å². The molecule has 0 aliphatic heterocycles. The molecule has 0 spiro atoms. The summed E-state index contributed by atoms with van der Waals surface area (Å²) < 4.78 is 14.0. The highest BCUT2D eigenvalue weighted by atomic mass is 35.5. The van der Waals surface area contributed by atoms with Crippen LogP contribution in [-0.2, 0) is 5.88 Å². The first-order chi connectivity index (χ1) is 6.76. The summed E-state index contributed by atoms with van der Waals surface area (Å²) in [6.45, 7) is 0.